The fraction of sp³-hybridized carbons (Fsp3) is 0.235. The van der Waals surface area contributed by atoms with Gasteiger partial charge in [-0.1, -0.05) is 40.2 Å². The minimum absolute atomic E-state index is 0.167. The molecule has 5 heteroatoms. The van der Waals surface area contributed by atoms with E-state index < -0.39 is 6.29 Å². The molecule has 1 atom stereocenters. The fourth-order valence-corrected chi connectivity index (χ4v) is 2.37. The average molecular weight is 365 g/mol. The molecule has 1 unspecified atom stereocenters. The van der Waals surface area contributed by atoms with Crippen molar-refractivity contribution in [2.45, 2.75) is 18.5 Å². The normalized spacial score (nSPS) is 11.8. The van der Waals surface area contributed by atoms with E-state index in [4.69, 9.17) is 9.47 Å². The third-order valence-corrected chi connectivity index (χ3v) is 3.75. The zero-order valence-electron chi connectivity index (χ0n) is 12.4. The quantitative estimate of drug-likeness (QED) is 0.483. The number of rotatable bonds is 6. The molecule has 2 aromatic carbocycles. The first-order valence-corrected chi connectivity index (χ1v) is 7.89. The molecule has 0 saturated carbocycles. The third-order valence-electron chi connectivity index (χ3n) is 3.10. The molecule has 0 fully saturated rings. The average Bonchev–Trinajstić information content (AvgIpc) is 2.53. The highest BCUT2D eigenvalue weighted by Gasteiger charge is 2.17. The highest BCUT2D eigenvalue weighted by molar-refractivity contribution is 9.08. The van der Waals surface area contributed by atoms with Crippen LogP contribution in [0.25, 0.3) is 0 Å². The molecule has 0 aliphatic heterocycles. The van der Waals surface area contributed by atoms with Gasteiger partial charge in [-0.05, 0) is 24.6 Å². The summed E-state index contributed by atoms with van der Waals surface area (Å²) in [5.41, 5.74) is 2.03. The van der Waals surface area contributed by atoms with E-state index in [0.29, 0.717) is 22.6 Å². The van der Waals surface area contributed by atoms with Gasteiger partial charge in [0, 0.05) is 17.0 Å². The summed E-state index contributed by atoms with van der Waals surface area (Å²) in [5, 5.41) is 10.2. The Morgan fingerprint density at radius 2 is 1.91 bits per heavy atom. The first kappa shape index (κ1) is 16.5. The number of halogens is 1. The highest BCUT2D eigenvalue weighted by Crippen LogP contribution is 2.28. The van der Waals surface area contributed by atoms with E-state index in [1.165, 1.54) is 14.0 Å². The third kappa shape index (κ3) is 3.87. The summed E-state index contributed by atoms with van der Waals surface area (Å²) in [6.45, 7) is 1.48. The summed E-state index contributed by atoms with van der Waals surface area (Å²) in [7, 11) is 1.53. The molecular formula is C17H17BrO4. The van der Waals surface area contributed by atoms with E-state index in [9.17, 15) is 9.90 Å². The Hall–Kier alpha value is -1.85. The molecule has 0 amide bonds. The molecule has 0 bridgehead atoms. The number of benzene rings is 2. The second kappa shape index (κ2) is 7.42. The number of aliphatic hydroxyl groups excluding tert-OH is 1. The van der Waals surface area contributed by atoms with Gasteiger partial charge < -0.3 is 14.6 Å². The molecule has 116 valence electrons. The lowest BCUT2D eigenvalue weighted by Crippen LogP contribution is -2.13. The number of ether oxygens (including phenoxy) is 2. The molecule has 0 aliphatic rings. The molecule has 0 radical (unpaired) electrons. The maximum atomic E-state index is 12.6. The first-order valence-electron chi connectivity index (χ1n) is 6.77. The van der Waals surface area contributed by atoms with E-state index >= 15 is 0 Å². The number of carbonyl (C=O) groups is 1. The topological polar surface area (TPSA) is 55.8 Å². The molecule has 2 aromatic rings. The molecular weight excluding hydrogens is 348 g/mol. The maximum Gasteiger partial charge on any atom is 0.196 e. The second-order valence-corrected chi connectivity index (χ2v) is 5.30. The van der Waals surface area contributed by atoms with Crippen LogP contribution < -0.4 is 9.47 Å². The number of hydrogen-bond acceptors (Lipinski definition) is 4. The first-order chi connectivity index (χ1) is 10.5. The maximum absolute atomic E-state index is 12.6. The SMILES string of the molecule is COc1ccc(C(=O)c2ccc(CBr)cc2)c(OC(C)O)c1. The van der Waals surface area contributed by atoms with Gasteiger partial charge in [0.1, 0.15) is 11.5 Å². The van der Waals surface area contributed by atoms with Crippen molar-refractivity contribution in [2.75, 3.05) is 7.11 Å². The van der Waals surface area contributed by atoms with E-state index in [1.807, 2.05) is 12.1 Å². The lowest BCUT2D eigenvalue weighted by molar-refractivity contribution is -0.000834. The number of methoxy groups -OCH3 is 1. The van der Waals surface area contributed by atoms with Crippen LogP contribution in [0, 0.1) is 0 Å². The summed E-state index contributed by atoms with van der Waals surface area (Å²) in [6, 6.07) is 12.2. The molecule has 0 aliphatic carbocycles. The van der Waals surface area contributed by atoms with Gasteiger partial charge in [-0.2, -0.15) is 0 Å². The van der Waals surface area contributed by atoms with Crippen molar-refractivity contribution in [3.63, 3.8) is 0 Å². The van der Waals surface area contributed by atoms with Gasteiger partial charge >= 0.3 is 0 Å². The van der Waals surface area contributed by atoms with Crippen molar-refractivity contribution in [2.24, 2.45) is 0 Å². The molecule has 22 heavy (non-hydrogen) atoms. The molecule has 0 saturated heterocycles. The number of alkyl halides is 1. The van der Waals surface area contributed by atoms with Gasteiger partial charge in [-0.15, -0.1) is 0 Å². The Morgan fingerprint density at radius 1 is 1.23 bits per heavy atom. The molecule has 1 N–H and O–H groups in total. The monoisotopic (exact) mass is 364 g/mol. The lowest BCUT2D eigenvalue weighted by Gasteiger charge is -2.14. The van der Waals surface area contributed by atoms with Crippen LogP contribution in [0.15, 0.2) is 42.5 Å². The second-order valence-electron chi connectivity index (χ2n) is 4.74. The van der Waals surface area contributed by atoms with E-state index in [0.717, 1.165) is 10.9 Å². The van der Waals surface area contributed by atoms with Gasteiger partial charge in [-0.25, -0.2) is 0 Å². The summed E-state index contributed by atoms with van der Waals surface area (Å²) >= 11 is 3.37. The number of carbonyl (C=O) groups excluding carboxylic acids is 1. The van der Waals surface area contributed by atoms with Crippen LogP contribution in [-0.4, -0.2) is 24.3 Å². The van der Waals surface area contributed by atoms with E-state index in [-0.39, 0.29) is 5.78 Å². The predicted molar refractivity (Wildman–Crippen MR) is 87.8 cm³/mol. The summed E-state index contributed by atoms with van der Waals surface area (Å²) in [5.74, 6) is 0.685. The van der Waals surface area contributed by atoms with Crippen molar-refractivity contribution < 1.29 is 19.4 Å². The number of hydrogen-bond donors (Lipinski definition) is 1. The predicted octanol–water partition coefficient (Wildman–Crippen LogP) is 3.54. The van der Waals surface area contributed by atoms with Crippen LogP contribution in [-0.2, 0) is 5.33 Å². The molecule has 0 spiro atoms. The molecule has 0 heterocycles. The van der Waals surface area contributed by atoms with Gasteiger partial charge in [0.25, 0.3) is 0 Å². The van der Waals surface area contributed by atoms with Crippen LogP contribution in [0.3, 0.4) is 0 Å². The molecule has 2 rings (SSSR count). The Labute approximate surface area is 137 Å². The number of aliphatic hydroxyl groups is 1. The standard InChI is InChI=1S/C17H17BrO4/c1-11(19)22-16-9-14(21-2)7-8-15(16)17(20)13-5-3-12(10-18)4-6-13/h3-9,11,19H,10H2,1-2H3. The molecule has 4 nitrogen and oxygen atoms in total. The summed E-state index contributed by atoms with van der Waals surface area (Å²) < 4.78 is 10.5. The van der Waals surface area contributed by atoms with Crippen molar-refractivity contribution in [3.8, 4) is 11.5 Å². The Bertz CT molecular complexity index is 650. The zero-order chi connectivity index (χ0) is 16.1. The van der Waals surface area contributed by atoms with Crippen LogP contribution in [0.4, 0.5) is 0 Å². The van der Waals surface area contributed by atoms with Gasteiger partial charge in [0.2, 0.25) is 0 Å². The van der Waals surface area contributed by atoms with Gasteiger partial charge in [0.15, 0.2) is 12.1 Å². The van der Waals surface area contributed by atoms with Crippen LogP contribution in [0.2, 0.25) is 0 Å². The van der Waals surface area contributed by atoms with E-state index in [1.54, 1.807) is 30.3 Å². The minimum atomic E-state index is -1.02. The van der Waals surface area contributed by atoms with E-state index in [2.05, 4.69) is 15.9 Å². The van der Waals surface area contributed by atoms with Crippen molar-refractivity contribution in [1.29, 1.82) is 0 Å². The van der Waals surface area contributed by atoms with Crippen molar-refractivity contribution in [3.05, 3.63) is 59.2 Å². The summed E-state index contributed by atoms with van der Waals surface area (Å²) in [6.07, 6.45) is -1.02. The molecule has 0 aromatic heterocycles. The smallest absolute Gasteiger partial charge is 0.196 e. The highest BCUT2D eigenvalue weighted by atomic mass is 79.9. The van der Waals surface area contributed by atoms with Gasteiger partial charge in [-0.3, -0.25) is 4.79 Å². The van der Waals surface area contributed by atoms with Crippen molar-refractivity contribution in [1.82, 2.24) is 0 Å². The Balaban J connectivity index is 2.38. The zero-order valence-corrected chi connectivity index (χ0v) is 14.0. The van der Waals surface area contributed by atoms with Crippen LogP contribution in [0.5, 0.6) is 11.5 Å². The van der Waals surface area contributed by atoms with Crippen LogP contribution >= 0.6 is 15.9 Å². The fourth-order valence-electron chi connectivity index (χ4n) is 2.00. The van der Waals surface area contributed by atoms with Gasteiger partial charge in [0.05, 0.1) is 12.7 Å². The largest absolute Gasteiger partial charge is 0.497 e. The van der Waals surface area contributed by atoms with Crippen molar-refractivity contribution >= 4 is 21.7 Å². The Kier molecular flexibility index (Phi) is 5.57. The lowest BCUT2D eigenvalue weighted by atomic mass is 10.0. The van der Waals surface area contributed by atoms with Crippen LogP contribution in [0.1, 0.15) is 28.4 Å². The Morgan fingerprint density at radius 3 is 2.45 bits per heavy atom. The number of ketones is 1. The minimum Gasteiger partial charge on any atom is -0.497 e. The summed E-state index contributed by atoms with van der Waals surface area (Å²) in [4.78, 5) is 12.6.